The smallest absolute Gasteiger partial charge is 0.227 e. The number of rotatable bonds is 10. The van der Waals surface area contributed by atoms with E-state index in [1.54, 1.807) is 12.4 Å². The van der Waals surface area contributed by atoms with Gasteiger partial charge in [0, 0.05) is 53.1 Å². The molecule has 0 saturated heterocycles. The molecule has 3 rings (SSSR count). The molecule has 3 aromatic rings. The Balaban J connectivity index is 1.90. The summed E-state index contributed by atoms with van der Waals surface area (Å²) in [5, 5.41) is 1.14. The average Bonchev–Trinajstić information content (AvgIpc) is 3.17. The zero-order chi connectivity index (χ0) is 23.8. The van der Waals surface area contributed by atoms with E-state index in [4.69, 9.17) is 0 Å². The van der Waals surface area contributed by atoms with Crippen molar-refractivity contribution >= 4 is 32.7 Å². The first-order chi connectivity index (χ1) is 15.9. The quantitative estimate of drug-likeness (QED) is 0.276. The third-order valence-electron chi connectivity index (χ3n) is 5.84. The molecule has 0 fully saturated rings. The molecule has 174 valence electrons. The van der Waals surface area contributed by atoms with Gasteiger partial charge in [0.2, 0.25) is 5.91 Å². The molecule has 0 aliphatic heterocycles. The predicted octanol–water partition coefficient (Wildman–Crippen LogP) is 7.04. The highest BCUT2D eigenvalue weighted by molar-refractivity contribution is 9.12. The van der Waals surface area contributed by atoms with E-state index in [2.05, 4.69) is 82.8 Å². The minimum atomic E-state index is 0.119. The lowest BCUT2D eigenvalue weighted by Gasteiger charge is -2.27. The molecule has 0 spiro atoms. The molecule has 33 heavy (non-hydrogen) atoms. The van der Waals surface area contributed by atoms with E-state index < -0.39 is 0 Å². The van der Waals surface area contributed by atoms with E-state index in [0.29, 0.717) is 13.0 Å². The summed E-state index contributed by atoms with van der Waals surface area (Å²) in [6.45, 7) is 9.74. The molecule has 0 radical (unpaired) electrons. The minimum absolute atomic E-state index is 0.119. The Bertz CT molecular complexity index is 1130. The fourth-order valence-electron chi connectivity index (χ4n) is 4.03. The van der Waals surface area contributed by atoms with Crippen LogP contribution in [0.25, 0.3) is 10.9 Å². The van der Waals surface area contributed by atoms with Gasteiger partial charge < -0.3 is 9.47 Å². The lowest BCUT2D eigenvalue weighted by Crippen LogP contribution is -2.37. The van der Waals surface area contributed by atoms with Crippen LogP contribution in [0.1, 0.15) is 51.7 Å². The molecule has 0 bridgehead atoms. The van der Waals surface area contributed by atoms with Gasteiger partial charge in [-0.3, -0.25) is 9.78 Å². The number of benzene rings is 1. The summed E-state index contributed by atoms with van der Waals surface area (Å²) in [5.74, 6) is 0.140. The average molecular weight is 509 g/mol. The molecule has 4 nitrogen and oxygen atoms in total. The Labute approximate surface area is 206 Å². The normalized spacial score (nSPS) is 12.5. The first-order valence-electron chi connectivity index (χ1n) is 11.7. The Hall–Kier alpha value is -2.66. The summed E-state index contributed by atoms with van der Waals surface area (Å²) in [6, 6.07) is 12.4. The molecule has 1 aromatic carbocycles. The van der Waals surface area contributed by atoms with Gasteiger partial charge in [0.15, 0.2) is 0 Å². The van der Waals surface area contributed by atoms with Crippen LogP contribution in [-0.4, -0.2) is 26.4 Å². The highest BCUT2D eigenvalue weighted by Gasteiger charge is 2.20. The van der Waals surface area contributed by atoms with Crippen molar-refractivity contribution < 1.29 is 4.79 Å². The molecule has 0 saturated carbocycles. The molecule has 0 aliphatic rings. The number of amides is 1. The van der Waals surface area contributed by atoms with E-state index in [9.17, 15) is 4.79 Å². The third-order valence-corrected chi connectivity index (χ3v) is 6.81. The third kappa shape index (κ3) is 6.44. The van der Waals surface area contributed by atoms with Gasteiger partial charge in [-0.25, -0.2) is 0 Å². The van der Waals surface area contributed by atoms with Crippen LogP contribution in [0.5, 0.6) is 0 Å². The number of hydrogen-bond acceptors (Lipinski definition) is 2. The number of para-hydroxylation sites is 1. The first kappa shape index (κ1) is 25.0. The zero-order valence-electron chi connectivity index (χ0n) is 20.1. The standard InChI is InChI=1S/C28H34BrN3O/c1-5-7-10-23(26(29)6-2)19-31-20-24(25-11-8-9-12-27(25)31)17-28(33)32(21(3)4)18-22-13-15-30-16-14-22/h6,8-16,20-21H,5,7,17-19H2,1-4H3/b23-10-,26-6+. The highest BCUT2D eigenvalue weighted by Crippen LogP contribution is 2.27. The molecule has 1 amide bonds. The number of carbonyl (C=O) groups is 1. The van der Waals surface area contributed by atoms with Crippen molar-refractivity contribution in [1.29, 1.82) is 0 Å². The topological polar surface area (TPSA) is 38.1 Å². The number of aromatic nitrogens is 2. The van der Waals surface area contributed by atoms with Gasteiger partial charge in [-0.1, -0.05) is 59.6 Å². The second-order valence-electron chi connectivity index (χ2n) is 8.60. The lowest BCUT2D eigenvalue weighted by atomic mass is 10.1. The van der Waals surface area contributed by atoms with Gasteiger partial charge in [-0.15, -0.1) is 0 Å². The summed E-state index contributed by atoms with van der Waals surface area (Å²) in [7, 11) is 0. The van der Waals surface area contributed by atoms with Crippen molar-refractivity contribution in [1.82, 2.24) is 14.5 Å². The Morgan fingerprint density at radius 3 is 2.58 bits per heavy atom. The van der Waals surface area contributed by atoms with Gasteiger partial charge >= 0.3 is 0 Å². The molecule has 5 heteroatoms. The number of carbonyl (C=O) groups excluding carboxylic acids is 1. The largest absolute Gasteiger partial charge is 0.343 e. The van der Waals surface area contributed by atoms with Crippen LogP contribution in [0.2, 0.25) is 0 Å². The summed E-state index contributed by atoms with van der Waals surface area (Å²) in [4.78, 5) is 19.4. The number of allylic oxidation sites excluding steroid dienone is 4. The van der Waals surface area contributed by atoms with Crippen LogP contribution in [0.4, 0.5) is 0 Å². The molecule has 2 heterocycles. The van der Waals surface area contributed by atoms with E-state index in [-0.39, 0.29) is 11.9 Å². The fourth-order valence-corrected chi connectivity index (χ4v) is 4.31. The van der Waals surface area contributed by atoms with Crippen molar-refractivity contribution in [2.45, 2.75) is 66.1 Å². The molecule has 0 atom stereocenters. The lowest BCUT2D eigenvalue weighted by molar-refractivity contribution is -0.132. The van der Waals surface area contributed by atoms with Crippen molar-refractivity contribution in [2.24, 2.45) is 0 Å². The second-order valence-corrected chi connectivity index (χ2v) is 9.46. The van der Waals surface area contributed by atoms with Crippen LogP contribution >= 0.6 is 15.9 Å². The first-order valence-corrected chi connectivity index (χ1v) is 12.5. The van der Waals surface area contributed by atoms with Gasteiger partial charge in [0.05, 0.1) is 6.42 Å². The van der Waals surface area contributed by atoms with Gasteiger partial charge in [0.25, 0.3) is 0 Å². The monoisotopic (exact) mass is 507 g/mol. The van der Waals surface area contributed by atoms with E-state index in [1.807, 2.05) is 30.0 Å². The summed E-state index contributed by atoms with van der Waals surface area (Å²) in [6.07, 6.45) is 12.6. The maximum Gasteiger partial charge on any atom is 0.227 e. The highest BCUT2D eigenvalue weighted by atomic mass is 79.9. The van der Waals surface area contributed by atoms with Crippen LogP contribution in [0.3, 0.4) is 0 Å². The SMILES string of the molecule is C/C=C(Br)\C(=C/CCC)Cn1cc(CC(=O)N(Cc2ccncc2)C(C)C)c2ccccc21. The molecule has 0 unspecified atom stereocenters. The molecule has 0 aliphatic carbocycles. The van der Waals surface area contributed by atoms with Crippen LogP contribution < -0.4 is 0 Å². The maximum atomic E-state index is 13.4. The van der Waals surface area contributed by atoms with E-state index >= 15 is 0 Å². The van der Waals surface area contributed by atoms with E-state index in [0.717, 1.165) is 45.9 Å². The Kier molecular flexibility index (Phi) is 9.07. The predicted molar refractivity (Wildman–Crippen MR) is 141 cm³/mol. The minimum Gasteiger partial charge on any atom is -0.343 e. The number of nitrogens with zero attached hydrogens (tertiary/aromatic N) is 3. The number of fused-ring (bicyclic) bond motifs is 1. The van der Waals surface area contributed by atoms with Crippen molar-refractivity contribution in [3.63, 3.8) is 0 Å². The molecular formula is C28H34BrN3O. The zero-order valence-corrected chi connectivity index (χ0v) is 21.7. The summed E-state index contributed by atoms with van der Waals surface area (Å²) >= 11 is 3.72. The number of unbranched alkanes of at least 4 members (excludes halogenated alkanes) is 1. The maximum absolute atomic E-state index is 13.4. The van der Waals surface area contributed by atoms with E-state index in [1.165, 1.54) is 5.57 Å². The van der Waals surface area contributed by atoms with Crippen molar-refractivity contribution in [2.75, 3.05) is 0 Å². The fraction of sp³-hybridized carbons (Fsp3) is 0.357. The molecular weight excluding hydrogens is 474 g/mol. The van der Waals surface area contributed by atoms with Crippen LogP contribution in [-0.2, 0) is 24.3 Å². The van der Waals surface area contributed by atoms with Crippen LogP contribution in [0, 0.1) is 0 Å². The Morgan fingerprint density at radius 2 is 1.91 bits per heavy atom. The van der Waals surface area contributed by atoms with Gasteiger partial charge in [0.1, 0.15) is 0 Å². The van der Waals surface area contributed by atoms with Crippen molar-refractivity contribution in [3.8, 4) is 0 Å². The van der Waals surface area contributed by atoms with Crippen LogP contribution in [0.15, 0.2) is 77.2 Å². The summed E-state index contributed by atoms with van der Waals surface area (Å²) in [5.41, 5.74) is 4.59. The molecule has 2 aromatic heterocycles. The van der Waals surface area contributed by atoms with Gasteiger partial charge in [-0.2, -0.15) is 0 Å². The number of hydrogen-bond donors (Lipinski definition) is 0. The van der Waals surface area contributed by atoms with Crippen molar-refractivity contribution in [3.05, 3.63) is 88.3 Å². The summed E-state index contributed by atoms with van der Waals surface area (Å²) < 4.78 is 3.39. The van der Waals surface area contributed by atoms with Gasteiger partial charge in [-0.05, 0) is 62.1 Å². The molecule has 0 N–H and O–H groups in total. The number of halogens is 1. The number of pyridine rings is 1. The Morgan fingerprint density at radius 1 is 1.18 bits per heavy atom. The second kappa shape index (κ2) is 12.0.